The fourth-order valence-electron chi connectivity index (χ4n) is 2.94. The molecule has 9 heteroatoms. The van der Waals surface area contributed by atoms with Crippen LogP contribution in [-0.2, 0) is 11.3 Å². The molecule has 0 radical (unpaired) electrons. The lowest BCUT2D eigenvalue weighted by Crippen LogP contribution is -2.24. The van der Waals surface area contributed by atoms with E-state index in [1.807, 2.05) is 60.7 Å². The molecule has 158 valence electrons. The Balaban J connectivity index is 1.41. The number of ether oxygens (including phenoxy) is 2. The van der Waals surface area contributed by atoms with Crippen molar-refractivity contribution in [2.24, 2.45) is 0 Å². The predicted molar refractivity (Wildman–Crippen MR) is 118 cm³/mol. The third kappa shape index (κ3) is 4.95. The van der Waals surface area contributed by atoms with Gasteiger partial charge in [-0.3, -0.25) is 4.79 Å². The van der Waals surface area contributed by atoms with Gasteiger partial charge in [-0.15, -0.1) is 10.2 Å². The molecule has 1 amide bonds. The van der Waals surface area contributed by atoms with Gasteiger partial charge in [0.2, 0.25) is 11.1 Å². The van der Waals surface area contributed by atoms with Crippen molar-refractivity contribution in [1.82, 2.24) is 25.1 Å². The highest BCUT2D eigenvalue weighted by Crippen LogP contribution is 2.22. The molecule has 0 unspecified atom stereocenters. The summed E-state index contributed by atoms with van der Waals surface area (Å²) in [5.74, 6) is 1.65. The van der Waals surface area contributed by atoms with Gasteiger partial charge < -0.3 is 14.8 Å². The monoisotopic (exact) mass is 435 g/mol. The number of benzene rings is 2. The van der Waals surface area contributed by atoms with Gasteiger partial charge in [0.25, 0.3) is 0 Å². The second-order valence-corrected chi connectivity index (χ2v) is 7.56. The minimum absolute atomic E-state index is 0.101. The molecule has 0 aliphatic carbocycles. The maximum Gasteiger partial charge on any atom is 0.230 e. The summed E-state index contributed by atoms with van der Waals surface area (Å²) < 4.78 is 12.1. The van der Waals surface area contributed by atoms with Crippen LogP contribution in [0.3, 0.4) is 0 Å². The van der Waals surface area contributed by atoms with E-state index in [4.69, 9.17) is 9.47 Å². The number of hydrogen-bond acceptors (Lipinski definition) is 7. The number of fused-ring (bicyclic) bond motifs is 1. The summed E-state index contributed by atoms with van der Waals surface area (Å²) in [5.41, 5.74) is 3.32. The van der Waals surface area contributed by atoms with Crippen LogP contribution in [0.4, 0.5) is 0 Å². The third-order valence-electron chi connectivity index (χ3n) is 4.58. The second-order valence-electron chi connectivity index (χ2n) is 6.62. The zero-order chi connectivity index (χ0) is 21.6. The van der Waals surface area contributed by atoms with Crippen molar-refractivity contribution in [3.63, 3.8) is 0 Å². The zero-order valence-electron chi connectivity index (χ0n) is 17.1. The Kier molecular flexibility index (Phi) is 6.32. The average Bonchev–Trinajstić information content (AvgIpc) is 3.24. The largest absolute Gasteiger partial charge is 0.497 e. The molecule has 1 N–H and O–H groups in total. The molecule has 2 aromatic heterocycles. The van der Waals surface area contributed by atoms with E-state index < -0.39 is 0 Å². The first kappa shape index (κ1) is 20.7. The van der Waals surface area contributed by atoms with Crippen LogP contribution in [0.25, 0.3) is 16.9 Å². The van der Waals surface area contributed by atoms with Gasteiger partial charge in [-0.1, -0.05) is 23.9 Å². The van der Waals surface area contributed by atoms with E-state index >= 15 is 0 Å². The predicted octanol–water partition coefficient (Wildman–Crippen LogP) is 3.22. The van der Waals surface area contributed by atoms with Crippen LogP contribution in [0.5, 0.6) is 11.5 Å². The van der Waals surface area contributed by atoms with Gasteiger partial charge in [-0.2, -0.15) is 9.61 Å². The smallest absolute Gasteiger partial charge is 0.230 e. The number of amides is 1. The first-order valence-corrected chi connectivity index (χ1v) is 10.5. The summed E-state index contributed by atoms with van der Waals surface area (Å²) in [4.78, 5) is 12.3. The van der Waals surface area contributed by atoms with Crippen molar-refractivity contribution in [1.29, 1.82) is 0 Å². The molecular formula is C22H21N5O3S. The van der Waals surface area contributed by atoms with Gasteiger partial charge in [0.1, 0.15) is 11.5 Å². The highest BCUT2D eigenvalue weighted by Gasteiger charge is 2.12. The average molecular weight is 436 g/mol. The summed E-state index contributed by atoms with van der Waals surface area (Å²) in [6, 6.07) is 19.0. The zero-order valence-corrected chi connectivity index (χ0v) is 17.9. The Morgan fingerprint density at radius 2 is 1.81 bits per heavy atom. The summed E-state index contributed by atoms with van der Waals surface area (Å²) in [5, 5.41) is 16.4. The lowest BCUT2D eigenvalue weighted by molar-refractivity contribution is -0.118. The van der Waals surface area contributed by atoms with E-state index in [0.29, 0.717) is 17.3 Å². The number of thioether (sulfide) groups is 1. The summed E-state index contributed by atoms with van der Waals surface area (Å²) in [7, 11) is 3.25. The number of carbonyl (C=O) groups excluding carboxylic acids is 1. The van der Waals surface area contributed by atoms with E-state index in [-0.39, 0.29) is 11.7 Å². The van der Waals surface area contributed by atoms with Crippen LogP contribution in [0.2, 0.25) is 0 Å². The fraction of sp³-hybridized carbons (Fsp3) is 0.182. The van der Waals surface area contributed by atoms with E-state index in [0.717, 1.165) is 28.3 Å². The van der Waals surface area contributed by atoms with E-state index in [1.54, 1.807) is 18.7 Å². The molecule has 0 fully saturated rings. The van der Waals surface area contributed by atoms with Crippen LogP contribution in [0.1, 0.15) is 5.56 Å². The van der Waals surface area contributed by atoms with Crippen molar-refractivity contribution in [2.45, 2.75) is 11.7 Å². The molecule has 31 heavy (non-hydrogen) atoms. The number of hydrogen-bond donors (Lipinski definition) is 1. The van der Waals surface area contributed by atoms with Crippen LogP contribution in [0.15, 0.2) is 65.8 Å². The topological polar surface area (TPSA) is 90.6 Å². The van der Waals surface area contributed by atoms with Gasteiger partial charge in [0, 0.05) is 12.1 Å². The highest BCUT2D eigenvalue weighted by molar-refractivity contribution is 7.99. The molecular weight excluding hydrogens is 414 g/mol. The normalized spacial score (nSPS) is 10.8. The molecule has 2 heterocycles. The Morgan fingerprint density at radius 1 is 1.00 bits per heavy atom. The molecule has 0 saturated heterocycles. The highest BCUT2D eigenvalue weighted by atomic mass is 32.2. The van der Waals surface area contributed by atoms with Gasteiger partial charge >= 0.3 is 0 Å². The minimum Gasteiger partial charge on any atom is -0.497 e. The number of rotatable bonds is 8. The SMILES string of the molecule is COc1ccc(-c2ccc3nnc(SCC(=O)NCc4cccc(OC)c4)n3n2)cc1. The van der Waals surface area contributed by atoms with Gasteiger partial charge in [0.05, 0.1) is 25.7 Å². The first-order chi connectivity index (χ1) is 15.2. The lowest BCUT2D eigenvalue weighted by atomic mass is 10.1. The van der Waals surface area contributed by atoms with Crippen LogP contribution < -0.4 is 14.8 Å². The van der Waals surface area contributed by atoms with Crippen molar-refractivity contribution in [3.8, 4) is 22.8 Å². The molecule has 0 aliphatic rings. The van der Waals surface area contributed by atoms with Crippen molar-refractivity contribution >= 4 is 23.3 Å². The van der Waals surface area contributed by atoms with Crippen LogP contribution in [-0.4, -0.2) is 45.7 Å². The van der Waals surface area contributed by atoms with E-state index in [1.165, 1.54) is 11.8 Å². The van der Waals surface area contributed by atoms with Gasteiger partial charge in [0.15, 0.2) is 5.65 Å². The molecule has 8 nitrogen and oxygen atoms in total. The maximum absolute atomic E-state index is 12.3. The minimum atomic E-state index is -0.101. The summed E-state index contributed by atoms with van der Waals surface area (Å²) in [6.45, 7) is 0.428. The molecule has 0 saturated carbocycles. The summed E-state index contributed by atoms with van der Waals surface area (Å²) >= 11 is 1.29. The number of nitrogens with one attached hydrogen (secondary N) is 1. The Bertz CT molecular complexity index is 1190. The first-order valence-electron chi connectivity index (χ1n) is 9.55. The van der Waals surface area contributed by atoms with Gasteiger partial charge in [-0.05, 0) is 54.1 Å². The number of aromatic nitrogens is 4. The van der Waals surface area contributed by atoms with Crippen molar-refractivity contribution in [3.05, 3.63) is 66.2 Å². The van der Waals surface area contributed by atoms with Gasteiger partial charge in [-0.25, -0.2) is 0 Å². The Hall–Kier alpha value is -3.59. The standard InChI is InChI=1S/C22H21N5O3S/c1-29-17-8-6-16(7-9-17)19-10-11-20-24-25-22(27(20)26-19)31-14-21(28)23-13-15-4-3-5-18(12-15)30-2/h3-12H,13-14H2,1-2H3,(H,23,28). The number of methoxy groups -OCH3 is 2. The molecule has 0 atom stereocenters. The van der Waals surface area contributed by atoms with Crippen LogP contribution in [0, 0.1) is 0 Å². The van der Waals surface area contributed by atoms with E-state index in [2.05, 4.69) is 20.6 Å². The molecule has 2 aromatic carbocycles. The Labute approximate surface area is 183 Å². The molecule has 4 rings (SSSR count). The molecule has 0 aliphatic heterocycles. The quantitative estimate of drug-likeness (QED) is 0.425. The molecule has 0 spiro atoms. The lowest BCUT2D eigenvalue weighted by Gasteiger charge is -2.07. The molecule has 4 aromatic rings. The Morgan fingerprint density at radius 3 is 2.58 bits per heavy atom. The van der Waals surface area contributed by atoms with Crippen LogP contribution >= 0.6 is 11.8 Å². The maximum atomic E-state index is 12.3. The number of carbonyl (C=O) groups is 1. The second kappa shape index (κ2) is 9.48. The number of nitrogens with zero attached hydrogens (tertiary/aromatic N) is 4. The molecule has 0 bridgehead atoms. The van der Waals surface area contributed by atoms with E-state index in [9.17, 15) is 4.79 Å². The fourth-order valence-corrected chi connectivity index (χ4v) is 3.66. The van der Waals surface area contributed by atoms with Crippen molar-refractivity contribution in [2.75, 3.05) is 20.0 Å². The summed E-state index contributed by atoms with van der Waals surface area (Å²) in [6.07, 6.45) is 0. The van der Waals surface area contributed by atoms with Crippen molar-refractivity contribution < 1.29 is 14.3 Å². The third-order valence-corrected chi connectivity index (χ3v) is 5.50.